The fraction of sp³-hybridized carbons (Fsp3) is 0.250. The summed E-state index contributed by atoms with van der Waals surface area (Å²) in [5.41, 5.74) is 1.47. The van der Waals surface area contributed by atoms with E-state index in [2.05, 4.69) is 9.97 Å². The zero-order valence-corrected chi connectivity index (χ0v) is 9.75. The third kappa shape index (κ3) is 2.33. The van der Waals surface area contributed by atoms with Gasteiger partial charge in [-0.2, -0.15) is 0 Å². The Balaban J connectivity index is 2.32. The van der Waals surface area contributed by atoms with Crippen LogP contribution in [0.15, 0.2) is 30.7 Å². The van der Waals surface area contributed by atoms with Crippen LogP contribution in [0, 0.1) is 6.92 Å². The highest BCUT2D eigenvalue weighted by Gasteiger charge is 2.14. The van der Waals surface area contributed by atoms with Crippen molar-refractivity contribution >= 4 is 5.97 Å². The van der Waals surface area contributed by atoms with Crippen LogP contribution in [0.3, 0.4) is 0 Å². The summed E-state index contributed by atoms with van der Waals surface area (Å²) in [6, 6.07) is 3.81. The van der Waals surface area contributed by atoms with E-state index in [-0.39, 0.29) is 5.97 Å². The van der Waals surface area contributed by atoms with Crippen molar-refractivity contribution in [3.8, 4) is 0 Å². The summed E-state index contributed by atoms with van der Waals surface area (Å²) in [7, 11) is 1.36. The summed E-state index contributed by atoms with van der Waals surface area (Å²) < 4.78 is 6.52. The lowest BCUT2D eigenvalue weighted by Crippen LogP contribution is -2.12. The summed E-state index contributed by atoms with van der Waals surface area (Å²) >= 11 is 0. The molecule has 0 amide bonds. The highest BCUT2D eigenvalue weighted by molar-refractivity contribution is 5.87. The van der Waals surface area contributed by atoms with Gasteiger partial charge in [0, 0.05) is 12.4 Å². The Kier molecular flexibility index (Phi) is 3.18. The van der Waals surface area contributed by atoms with Crippen LogP contribution in [0.1, 0.15) is 21.9 Å². The molecule has 0 saturated carbocycles. The average molecular weight is 231 g/mol. The van der Waals surface area contributed by atoms with Gasteiger partial charge in [0.2, 0.25) is 0 Å². The summed E-state index contributed by atoms with van der Waals surface area (Å²) in [5.74, 6) is 0.392. The normalized spacial score (nSPS) is 10.2. The first-order valence-corrected chi connectivity index (χ1v) is 5.21. The lowest BCUT2D eigenvalue weighted by molar-refractivity contribution is 0.0588. The highest BCUT2D eigenvalue weighted by atomic mass is 16.5. The van der Waals surface area contributed by atoms with Gasteiger partial charge in [-0.15, -0.1) is 0 Å². The zero-order chi connectivity index (χ0) is 12.3. The zero-order valence-electron chi connectivity index (χ0n) is 9.75. The number of ether oxygens (including phenoxy) is 1. The number of aromatic nitrogens is 3. The minimum absolute atomic E-state index is 0.380. The van der Waals surface area contributed by atoms with E-state index in [0.717, 1.165) is 11.4 Å². The minimum atomic E-state index is -0.380. The van der Waals surface area contributed by atoms with Gasteiger partial charge in [0.25, 0.3) is 0 Å². The van der Waals surface area contributed by atoms with Crippen molar-refractivity contribution in [3.05, 3.63) is 47.8 Å². The predicted molar refractivity (Wildman–Crippen MR) is 61.6 cm³/mol. The van der Waals surface area contributed by atoms with E-state index in [1.165, 1.54) is 13.3 Å². The molecule has 0 aliphatic rings. The van der Waals surface area contributed by atoms with Gasteiger partial charge in [-0.05, 0) is 18.6 Å². The first-order valence-electron chi connectivity index (χ1n) is 5.21. The molecule has 0 aliphatic heterocycles. The van der Waals surface area contributed by atoms with Crippen molar-refractivity contribution < 1.29 is 9.53 Å². The molecule has 5 heteroatoms. The Morgan fingerprint density at radius 1 is 1.47 bits per heavy atom. The van der Waals surface area contributed by atoms with Gasteiger partial charge in [-0.3, -0.25) is 4.98 Å². The van der Waals surface area contributed by atoms with Gasteiger partial charge < -0.3 is 9.30 Å². The van der Waals surface area contributed by atoms with Crippen LogP contribution in [0.4, 0.5) is 0 Å². The number of aryl methyl sites for hydroxylation is 1. The van der Waals surface area contributed by atoms with Crippen molar-refractivity contribution in [2.24, 2.45) is 0 Å². The van der Waals surface area contributed by atoms with Gasteiger partial charge in [0.05, 0.1) is 19.9 Å². The summed E-state index contributed by atoms with van der Waals surface area (Å²) in [6.07, 6.45) is 5.00. The molecule has 2 heterocycles. The van der Waals surface area contributed by atoms with E-state index in [9.17, 15) is 4.79 Å². The SMILES string of the molecule is COC(=O)c1cnc(C)n1Cc1cccnc1. The molecule has 2 rings (SSSR count). The van der Waals surface area contributed by atoms with Crippen molar-refractivity contribution in [2.75, 3.05) is 7.11 Å². The Morgan fingerprint density at radius 3 is 2.94 bits per heavy atom. The monoisotopic (exact) mass is 231 g/mol. The number of esters is 1. The largest absolute Gasteiger partial charge is 0.464 e. The average Bonchev–Trinajstić information content (AvgIpc) is 2.72. The van der Waals surface area contributed by atoms with Crippen LogP contribution in [0.5, 0.6) is 0 Å². The number of nitrogens with zero attached hydrogens (tertiary/aromatic N) is 3. The van der Waals surface area contributed by atoms with Crippen LogP contribution < -0.4 is 0 Å². The molecule has 0 radical (unpaired) electrons. The minimum Gasteiger partial charge on any atom is -0.464 e. The van der Waals surface area contributed by atoms with E-state index in [1.54, 1.807) is 12.4 Å². The maximum Gasteiger partial charge on any atom is 0.356 e. The van der Waals surface area contributed by atoms with Crippen molar-refractivity contribution in [2.45, 2.75) is 13.5 Å². The lowest BCUT2D eigenvalue weighted by Gasteiger charge is -2.08. The quantitative estimate of drug-likeness (QED) is 0.750. The number of methoxy groups -OCH3 is 1. The van der Waals surface area contributed by atoms with E-state index >= 15 is 0 Å². The van der Waals surface area contributed by atoms with Gasteiger partial charge in [-0.25, -0.2) is 9.78 Å². The molecule has 0 spiro atoms. The van der Waals surface area contributed by atoms with Crippen molar-refractivity contribution in [1.82, 2.24) is 14.5 Å². The fourth-order valence-corrected chi connectivity index (χ4v) is 1.61. The fourth-order valence-electron chi connectivity index (χ4n) is 1.61. The molecule has 88 valence electrons. The van der Waals surface area contributed by atoms with Gasteiger partial charge in [0.1, 0.15) is 11.5 Å². The Morgan fingerprint density at radius 2 is 2.29 bits per heavy atom. The second kappa shape index (κ2) is 4.78. The van der Waals surface area contributed by atoms with Crippen LogP contribution in [0.25, 0.3) is 0 Å². The maximum absolute atomic E-state index is 11.5. The van der Waals surface area contributed by atoms with E-state index in [4.69, 9.17) is 4.74 Å². The molecule has 5 nitrogen and oxygen atoms in total. The molecule has 2 aromatic heterocycles. The number of hydrogen-bond acceptors (Lipinski definition) is 4. The molecule has 2 aromatic rings. The molecule has 0 aliphatic carbocycles. The molecule has 0 unspecified atom stereocenters. The highest BCUT2D eigenvalue weighted by Crippen LogP contribution is 2.09. The molecule has 0 atom stereocenters. The molecule has 17 heavy (non-hydrogen) atoms. The van der Waals surface area contributed by atoms with E-state index < -0.39 is 0 Å². The number of carbonyl (C=O) groups is 1. The van der Waals surface area contributed by atoms with Gasteiger partial charge in [-0.1, -0.05) is 6.07 Å². The van der Waals surface area contributed by atoms with Crippen LogP contribution in [-0.4, -0.2) is 27.6 Å². The Bertz CT molecular complexity index is 520. The first kappa shape index (κ1) is 11.3. The van der Waals surface area contributed by atoms with E-state index in [1.807, 2.05) is 23.6 Å². The van der Waals surface area contributed by atoms with Crippen molar-refractivity contribution in [1.29, 1.82) is 0 Å². The van der Waals surface area contributed by atoms with Gasteiger partial charge >= 0.3 is 5.97 Å². The predicted octanol–water partition coefficient (Wildman–Crippen LogP) is 1.42. The first-order chi connectivity index (χ1) is 8.22. The Hall–Kier alpha value is -2.17. The Labute approximate surface area is 99.1 Å². The summed E-state index contributed by atoms with van der Waals surface area (Å²) in [6.45, 7) is 2.41. The standard InChI is InChI=1S/C12H13N3O2/c1-9-14-7-11(12(16)17-2)15(9)8-10-4-3-5-13-6-10/h3-7H,8H2,1-2H3. The third-order valence-corrected chi connectivity index (χ3v) is 2.51. The number of carbonyl (C=O) groups excluding carboxylic acids is 1. The number of rotatable bonds is 3. The number of imidazole rings is 1. The summed E-state index contributed by atoms with van der Waals surface area (Å²) in [5, 5.41) is 0. The second-order valence-corrected chi connectivity index (χ2v) is 3.63. The molecule has 0 bridgehead atoms. The molecule has 0 aromatic carbocycles. The van der Waals surface area contributed by atoms with Crippen molar-refractivity contribution in [3.63, 3.8) is 0 Å². The van der Waals surface area contributed by atoms with E-state index in [0.29, 0.717) is 12.2 Å². The van der Waals surface area contributed by atoms with Crippen LogP contribution in [-0.2, 0) is 11.3 Å². The maximum atomic E-state index is 11.5. The molecule has 0 N–H and O–H groups in total. The molecule has 0 fully saturated rings. The molecular weight excluding hydrogens is 218 g/mol. The van der Waals surface area contributed by atoms with Crippen LogP contribution >= 0.6 is 0 Å². The lowest BCUT2D eigenvalue weighted by atomic mass is 10.3. The van der Waals surface area contributed by atoms with Gasteiger partial charge in [0.15, 0.2) is 0 Å². The number of pyridine rings is 1. The third-order valence-electron chi connectivity index (χ3n) is 2.51. The number of hydrogen-bond donors (Lipinski definition) is 0. The molecule has 0 saturated heterocycles. The topological polar surface area (TPSA) is 57.0 Å². The van der Waals surface area contributed by atoms with Crippen LogP contribution in [0.2, 0.25) is 0 Å². The molecular formula is C12H13N3O2. The second-order valence-electron chi connectivity index (χ2n) is 3.63. The smallest absolute Gasteiger partial charge is 0.356 e. The summed E-state index contributed by atoms with van der Waals surface area (Å²) in [4.78, 5) is 19.7.